The summed E-state index contributed by atoms with van der Waals surface area (Å²) in [5, 5.41) is 11.9. The molecule has 1 heterocycles. The SMILES string of the molecule is CC(C)(C)OC(=O)NCC(=O)NCC(=O)Nc1ccccc1C(=O)NC(=O)Nc1ccc(Oc2ncc(Br)cn2)c(Cl)c1. The van der Waals surface area contributed by atoms with Crippen molar-refractivity contribution in [1.29, 1.82) is 0 Å². The quantitative estimate of drug-likeness (QED) is 0.221. The van der Waals surface area contributed by atoms with Gasteiger partial charge >= 0.3 is 18.1 Å². The Kier molecular flexibility index (Phi) is 11.4. The third-order valence-corrected chi connectivity index (χ3v) is 5.60. The number of para-hydroxylation sites is 1. The molecule has 0 aliphatic heterocycles. The molecule has 0 radical (unpaired) electrons. The summed E-state index contributed by atoms with van der Waals surface area (Å²) < 4.78 is 11.2. The van der Waals surface area contributed by atoms with Crippen molar-refractivity contribution in [2.24, 2.45) is 0 Å². The van der Waals surface area contributed by atoms with Crippen molar-refractivity contribution in [1.82, 2.24) is 25.9 Å². The van der Waals surface area contributed by atoms with E-state index >= 15 is 0 Å². The molecule has 16 heteroatoms. The molecule has 226 valence electrons. The van der Waals surface area contributed by atoms with Gasteiger partial charge in [0.2, 0.25) is 11.8 Å². The second-order valence-corrected chi connectivity index (χ2v) is 10.9. The maximum absolute atomic E-state index is 12.8. The van der Waals surface area contributed by atoms with Crippen molar-refractivity contribution in [3.05, 3.63) is 69.9 Å². The van der Waals surface area contributed by atoms with Crippen LogP contribution in [0, 0.1) is 0 Å². The van der Waals surface area contributed by atoms with Gasteiger partial charge in [0, 0.05) is 18.1 Å². The largest absolute Gasteiger partial charge is 0.444 e. The molecule has 0 spiro atoms. The van der Waals surface area contributed by atoms with Crippen LogP contribution >= 0.6 is 27.5 Å². The van der Waals surface area contributed by atoms with Gasteiger partial charge in [0.25, 0.3) is 5.91 Å². The van der Waals surface area contributed by atoms with Crippen LogP contribution in [0.2, 0.25) is 5.02 Å². The van der Waals surface area contributed by atoms with E-state index in [2.05, 4.69) is 52.5 Å². The number of carbonyl (C=O) groups is 5. The van der Waals surface area contributed by atoms with Crippen LogP contribution in [-0.2, 0) is 14.3 Å². The molecule has 0 bridgehead atoms. The Balaban J connectivity index is 1.51. The van der Waals surface area contributed by atoms with Gasteiger partial charge in [-0.15, -0.1) is 0 Å². The molecule has 0 atom stereocenters. The lowest BCUT2D eigenvalue weighted by molar-refractivity contribution is -0.123. The summed E-state index contributed by atoms with van der Waals surface area (Å²) in [5.41, 5.74) is -0.385. The lowest BCUT2D eigenvalue weighted by Gasteiger charge is -2.19. The fourth-order valence-corrected chi connectivity index (χ4v) is 3.56. The first-order valence-electron chi connectivity index (χ1n) is 12.5. The van der Waals surface area contributed by atoms with Crippen molar-refractivity contribution in [2.45, 2.75) is 26.4 Å². The average Bonchev–Trinajstić information content (AvgIpc) is 2.92. The van der Waals surface area contributed by atoms with Gasteiger partial charge in [0.1, 0.15) is 17.9 Å². The van der Waals surface area contributed by atoms with Crippen molar-refractivity contribution < 1.29 is 33.4 Å². The molecule has 3 aromatic rings. The molecular weight excluding hydrogens is 650 g/mol. The number of nitrogens with zero attached hydrogens (tertiary/aromatic N) is 2. The summed E-state index contributed by atoms with van der Waals surface area (Å²) in [6.45, 7) is 4.18. The number of carbonyl (C=O) groups excluding carboxylic acids is 5. The second-order valence-electron chi connectivity index (χ2n) is 9.57. The van der Waals surface area contributed by atoms with Gasteiger partial charge in [0.05, 0.1) is 27.3 Å². The molecule has 0 aliphatic rings. The predicted octanol–water partition coefficient (Wildman–Crippen LogP) is 4.23. The number of benzene rings is 2. The minimum Gasteiger partial charge on any atom is -0.444 e. The highest BCUT2D eigenvalue weighted by atomic mass is 79.9. The number of nitrogens with one attached hydrogen (secondary N) is 5. The summed E-state index contributed by atoms with van der Waals surface area (Å²) in [7, 11) is 0. The van der Waals surface area contributed by atoms with E-state index in [-0.39, 0.29) is 33.7 Å². The van der Waals surface area contributed by atoms with E-state index in [9.17, 15) is 24.0 Å². The monoisotopic (exact) mass is 675 g/mol. The molecule has 0 saturated heterocycles. The third kappa shape index (κ3) is 11.2. The summed E-state index contributed by atoms with van der Waals surface area (Å²) in [4.78, 5) is 69.3. The summed E-state index contributed by atoms with van der Waals surface area (Å²) >= 11 is 9.47. The van der Waals surface area contributed by atoms with Crippen LogP contribution < -0.4 is 31.3 Å². The fraction of sp³-hybridized carbons (Fsp3) is 0.222. The van der Waals surface area contributed by atoms with E-state index < -0.39 is 48.5 Å². The van der Waals surface area contributed by atoms with Crippen molar-refractivity contribution in [3.8, 4) is 11.8 Å². The first-order chi connectivity index (χ1) is 20.3. The molecule has 1 aromatic heterocycles. The molecular formula is C27H27BrClN7O7. The standard InChI is InChI=1S/C27H27BrClN7O7/c1-27(2,3)43-26(41)33-13-21(37)30-14-22(38)35-19-7-5-4-6-17(19)23(39)36-24(40)34-16-8-9-20(18(29)10-16)42-25-31-11-15(28)12-32-25/h4-12H,13-14H2,1-3H3,(H,30,37)(H,33,41)(H,35,38)(H2,34,36,39,40). The normalized spacial score (nSPS) is 10.6. The number of hydrogen-bond donors (Lipinski definition) is 5. The van der Waals surface area contributed by atoms with Gasteiger partial charge in [-0.2, -0.15) is 0 Å². The molecule has 5 N–H and O–H groups in total. The Morgan fingerprint density at radius 3 is 2.26 bits per heavy atom. The van der Waals surface area contributed by atoms with Crippen molar-refractivity contribution in [2.75, 3.05) is 23.7 Å². The Hall–Kier alpha value is -4.76. The van der Waals surface area contributed by atoms with Gasteiger partial charge in [-0.05, 0) is 67.0 Å². The minimum atomic E-state index is -0.864. The van der Waals surface area contributed by atoms with Crippen LogP contribution in [0.15, 0.2) is 59.3 Å². The molecule has 0 aliphatic carbocycles. The van der Waals surface area contributed by atoms with Crippen LogP contribution in [0.1, 0.15) is 31.1 Å². The highest BCUT2D eigenvalue weighted by Crippen LogP contribution is 2.30. The number of rotatable bonds is 9. The van der Waals surface area contributed by atoms with Crippen LogP contribution in [0.3, 0.4) is 0 Å². The number of anilines is 2. The molecule has 0 fully saturated rings. The zero-order valence-corrected chi connectivity index (χ0v) is 25.5. The number of hydrogen-bond acceptors (Lipinski definition) is 9. The van der Waals surface area contributed by atoms with Crippen LogP contribution in [0.4, 0.5) is 21.0 Å². The average molecular weight is 677 g/mol. The lowest BCUT2D eigenvalue weighted by Crippen LogP contribution is -2.42. The minimum absolute atomic E-state index is 0.0137. The van der Waals surface area contributed by atoms with E-state index in [1.165, 1.54) is 42.7 Å². The van der Waals surface area contributed by atoms with E-state index in [4.69, 9.17) is 21.1 Å². The number of ether oxygens (including phenoxy) is 2. The zero-order chi connectivity index (χ0) is 31.6. The Morgan fingerprint density at radius 2 is 1.58 bits per heavy atom. The maximum Gasteiger partial charge on any atom is 0.408 e. The highest BCUT2D eigenvalue weighted by Gasteiger charge is 2.18. The van der Waals surface area contributed by atoms with E-state index in [0.29, 0.717) is 4.47 Å². The topological polar surface area (TPSA) is 190 Å². The number of halogens is 2. The molecule has 0 unspecified atom stereocenters. The molecule has 43 heavy (non-hydrogen) atoms. The number of aromatic nitrogens is 2. The molecule has 0 saturated carbocycles. The smallest absolute Gasteiger partial charge is 0.408 e. The molecule has 2 aromatic carbocycles. The predicted molar refractivity (Wildman–Crippen MR) is 160 cm³/mol. The molecule has 6 amide bonds. The molecule has 14 nitrogen and oxygen atoms in total. The van der Waals surface area contributed by atoms with Crippen LogP contribution in [0.25, 0.3) is 0 Å². The van der Waals surface area contributed by atoms with E-state index in [1.54, 1.807) is 32.9 Å². The lowest BCUT2D eigenvalue weighted by atomic mass is 10.1. The third-order valence-electron chi connectivity index (χ3n) is 4.90. The van der Waals surface area contributed by atoms with Crippen LogP contribution in [-0.4, -0.2) is 58.5 Å². The van der Waals surface area contributed by atoms with Crippen molar-refractivity contribution in [3.63, 3.8) is 0 Å². The maximum atomic E-state index is 12.8. The number of imide groups is 1. The number of alkyl carbamates (subject to hydrolysis) is 1. The van der Waals surface area contributed by atoms with Gasteiger partial charge in [0.15, 0.2) is 0 Å². The first kappa shape index (κ1) is 32.8. The van der Waals surface area contributed by atoms with Gasteiger partial charge < -0.3 is 30.7 Å². The second kappa shape index (κ2) is 14.9. The van der Waals surface area contributed by atoms with E-state index in [0.717, 1.165) is 0 Å². The van der Waals surface area contributed by atoms with Gasteiger partial charge in [-0.3, -0.25) is 19.7 Å². The van der Waals surface area contributed by atoms with Crippen LogP contribution in [0.5, 0.6) is 11.8 Å². The summed E-state index contributed by atoms with van der Waals surface area (Å²) in [6.07, 6.45) is 2.23. The molecule has 3 rings (SSSR count). The fourth-order valence-electron chi connectivity index (χ4n) is 3.14. The van der Waals surface area contributed by atoms with Gasteiger partial charge in [-0.25, -0.2) is 19.6 Å². The number of urea groups is 1. The Labute approximate surface area is 259 Å². The van der Waals surface area contributed by atoms with Gasteiger partial charge in [-0.1, -0.05) is 23.7 Å². The number of amides is 6. The Morgan fingerprint density at radius 1 is 0.907 bits per heavy atom. The highest BCUT2D eigenvalue weighted by molar-refractivity contribution is 9.10. The first-order valence-corrected chi connectivity index (χ1v) is 13.7. The Bertz CT molecular complexity index is 1510. The van der Waals surface area contributed by atoms with E-state index in [1.807, 2.05) is 0 Å². The van der Waals surface area contributed by atoms with Crippen molar-refractivity contribution >= 4 is 68.8 Å². The summed E-state index contributed by atoms with van der Waals surface area (Å²) in [6, 6.07) is 9.55. The summed E-state index contributed by atoms with van der Waals surface area (Å²) in [5.74, 6) is -1.85. The zero-order valence-electron chi connectivity index (χ0n) is 23.1.